The zero-order valence-electron chi connectivity index (χ0n) is 14.3. The number of amides is 1. The second-order valence-electron chi connectivity index (χ2n) is 5.60. The molecule has 2 rings (SSSR count). The molecule has 0 saturated heterocycles. The summed E-state index contributed by atoms with van der Waals surface area (Å²) < 4.78 is 25.9. The molecule has 0 aliphatic heterocycles. The van der Waals surface area contributed by atoms with Crippen molar-refractivity contribution in [3.63, 3.8) is 0 Å². The maximum Gasteiger partial charge on any atom is 0.244 e. The van der Waals surface area contributed by atoms with Crippen LogP contribution in [0.15, 0.2) is 66.7 Å². The lowest BCUT2D eigenvalue weighted by atomic mass is 10.1. The van der Waals surface area contributed by atoms with E-state index in [1.807, 2.05) is 43.3 Å². The van der Waals surface area contributed by atoms with E-state index in [9.17, 15) is 13.2 Å². The third-order valence-corrected chi connectivity index (χ3v) is 5.54. The Labute approximate surface area is 149 Å². The fourth-order valence-electron chi connectivity index (χ4n) is 2.27. The molecule has 25 heavy (non-hydrogen) atoms. The number of nitrogens with zero attached hydrogens (tertiary/aromatic N) is 1. The van der Waals surface area contributed by atoms with Gasteiger partial charge in [-0.15, -0.1) is 0 Å². The van der Waals surface area contributed by atoms with E-state index in [0.717, 1.165) is 11.1 Å². The quantitative estimate of drug-likeness (QED) is 0.774. The SMILES string of the molecule is C/C(=C\C(=O)NCCS(=O)(=O)N(C)c1ccccc1)c1ccccc1. The second kappa shape index (κ2) is 8.48. The number of hydrogen-bond donors (Lipinski definition) is 1. The van der Waals surface area contributed by atoms with E-state index in [1.165, 1.54) is 17.4 Å². The van der Waals surface area contributed by atoms with Gasteiger partial charge in [0.25, 0.3) is 0 Å². The lowest BCUT2D eigenvalue weighted by molar-refractivity contribution is -0.116. The molecule has 0 unspecified atom stereocenters. The average Bonchev–Trinajstić information content (AvgIpc) is 2.62. The van der Waals surface area contributed by atoms with Gasteiger partial charge in [0, 0.05) is 19.7 Å². The van der Waals surface area contributed by atoms with Crippen molar-refractivity contribution < 1.29 is 13.2 Å². The zero-order chi connectivity index (χ0) is 18.3. The van der Waals surface area contributed by atoms with Crippen LogP contribution in [-0.2, 0) is 14.8 Å². The summed E-state index contributed by atoms with van der Waals surface area (Å²) in [6.45, 7) is 1.89. The third kappa shape index (κ3) is 5.46. The first-order valence-electron chi connectivity index (χ1n) is 7.93. The molecule has 0 aromatic heterocycles. The van der Waals surface area contributed by atoms with Gasteiger partial charge in [-0.25, -0.2) is 8.42 Å². The van der Waals surface area contributed by atoms with Crippen LogP contribution in [0, 0.1) is 0 Å². The standard InChI is InChI=1S/C19H22N2O3S/c1-16(17-9-5-3-6-10-17)15-19(22)20-13-14-25(23,24)21(2)18-11-7-4-8-12-18/h3-12,15H,13-14H2,1-2H3,(H,20,22)/b16-15+. The topological polar surface area (TPSA) is 66.5 Å². The number of anilines is 1. The predicted molar refractivity (Wildman–Crippen MR) is 102 cm³/mol. The second-order valence-corrected chi connectivity index (χ2v) is 7.72. The van der Waals surface area contributed by atoms with Crippen LogP contribution in [0.25, 0.3) is 5.57 Å². The van der Waals surface area contributed by atoms with Crippen LogP contribution in [0.3, 0.4) is 0 Å². The Hall–Kier alpha value is -2.60. The first-order valence-corrected chi connectivity index (χ1v) is 9.54. The molecule has 2 aromatic carbocycles. The zero-order valence-corrected chi connectivity index (χ0v) is 15.2. The van der Waals surface area contributed by atoms with E-state index in [-0.39, 0.29) is 18.2 Å². The molecule has 0 atom stereocenters. The molecular formula is C19H22N2O3S. The number of allylic oxidation sites excluding steroid dienone is 1. The lowest BCUT2D eigenvalue weighted by Gasteiger charge is -2.19. The molecule has 6 heteroatoms. The molecule has 0 heterocycles. The molecule has 0 saturated carbocycles. The molecule has 0 spiro atoms. The Morgan fingerprint density at radius 1 is 1.04 bits per heavy atom. The summed E-state index contributed by atoms with van der Waals surface area (Å²) >= 11 is 0. The minimum absolute atomic E-state index is 0.0525. The van der Waals surface area contributed by atoms with Gasteiger partial charge in [-0.3, -0.25) is 9.10 Å². The van der Waals surface area contributed by atoms with E-state index in [0.29, 0.717) is 5.69 Å². The van der Waals surface area contributed by atoms with Gasteiger partial charge >= 0.3 is 0 Å². The fraction of sp³-hybridized carbons (Fsp3) is 0.211. The summed E-state index contributed by atoms with van der Waals surface area (Å²) in [6, 6.07) is 18.4. The number of sulfonamides is 1. The molecule has 1 N–H and O–H groups in total. The average molecular weight is 358 g/mol. The maximum absolute atomic E-state index is 12.3. The van der Waals surface area contributed by atoms with Crippen molar-refractivity contribution in [2.45, 2.75) is 6.92 Å². The van der Waals surface area contributed by atoms with Crippen molar-refractivity contribution in [2.75, 3.05) is 23.7 Å². The minimum Gasteiger partial charge on any atom is -0.351 e. The summed E-state index contributed by atoms with van der Waals surface area (Å²) in [4.78, 5) is 12.0. The number of rotatable bonds is 7. The van der Waals surface area contributed by atoms with Crippen molar-refractivity contribution in [1.82, 2.24) is 5.32 Å². The van der Waals surface area contributed by atoms with Gasteiger partial charge < -0.3 is 5.32 Å². The van der Waals surface area contributed by atoms with Crippen LogP contribution in [0.5, 0.6) is 0 Å². The number of nitrogens with one attached hydrogen (secondary N) is 1. The Balaban J connectivity index is 1.90. The van der Waals surface area contributed by atoms with Gasteiger partial charge in [-0.05, 0) is 30.2 Å². The molecule has 2 aromatic rings. The fourth-order valence-corrected chi connectivity index (χ4v) is 3.35. The van der Waals surface area contributed by atoms with E-state index >= 15 is 0 Å². The van der Waals surface area contributed by atoms with Gasteiger partial charge in [0.05, 0.1) is 11.4 Å². The first-order chi connectivity index (χ1) is 11.9. The molecule has 1 amide bonds. The highest BCUT2D eigenvalue weighted by Gasteiger charge is 2.18. The van der Waals surface area contributed by atoms with Crippen LogP contribution >= 0.6 is 0 Å². The van der Waals surface area contributed by atoms with E-state index in [2.05, 4.69) is 5.32 Å². The van der Waals surface area contributed by atoms with Crippen molar-refractivity contribution in [2.24, 2.45) is 0 Å². The summed E-state index contributed by atoms with van der Waals surface area (Å²) in [5.74, 6) is -0.471. The monoisotopic (exact) mass is 358 g/mol. The normalized spacial score (nSPS) is 11.8. The highest BCUT2D eigenvalue weighted by molar-refractivity contribution is 7.92. The van der Waals surface area contributed by atoms with Gasteiger partial charge in [0.15, 0.2) is 0 Å². The molecule has 0 bridgehead atoms. The Morgan fingerprint density at radius 2 is 1.60 bits per heavy atom. The van der Waals surface area contributed by atoms with Crippen molar-refractivity contribution >= 4 is 27.2 Å². The van der Waals surface area contributed by atoms with Gasteiger partial charge in [-0.2, -0.15) is 0 Å². The van der Waals surface area contributed by atoms with Crippen molar-refractivity contribution in [3.8, 4) is 0 Å². The van der Waals surface area contributed by atoms with Crippen LogP contribution in [0.2, 0.25) is 0 Å². The summed E-state index contributed by atoms with van der Waals surface area (Å²) in [5.41, 5.74) is 2.37. The lowest BCUT2D eigenvalue weighted by Crippen LogP contribution is -2.35. The summed E-state index contributed by atoms with van der Waals surface area (Å²) in [7, 11) is -1.99. The van der Waals surface area contributed by atoms with Crippen molar-refractivity contribution in [1.29, 1.82) is 0 Å². The van der Waals surface area contributed by atoms with Crippen LogP contribution in [0.4, 0.5) is 5.69 Å². The number of benzene rings is 2. The molecule has 0 radical (unpaired) electrons. The van der Waals surface area contributed by atoms with Crippen molar-refractivity contribution in [3.05, 3.63) is 72.3 Å². The largest absolute Gasteiger partial charge is 0.351 e. The third-order valence-electron chi connectivity index (χ3n) is 3.77. The Kier molecular flexibility index (Phi) is 6.36. The number of carbonyl (C=O) groups is 1. The summed E-state index contributed by atoms with van der Waals surface area (Å²) in [6.07, 6.45) is 1.48. The van der Waals surface area contributed by atoms with Gasteiger partial charge in [0.2, 0.25) is 15.9 Å². The predicted octanol–water partition coefficient (Wildman–Crippen LogP) is 2.67. The van der Waals surface area contributed by atoms with Crippen LogP contribution in [0.1, 0.15) is 12.5 Å². The molecule has 132 valence electrons. The van der Waals surface area contributed by atoms with Gasteiger partial charge in [-0.1, -0.05) is 48.5 Å². The minimum atomic E-state index is -3.49. The van der Waals surface area contributed by atoms with Gasteiger partial charge in [0.1, 0.15) is 0 Å². The van der Waals surface area contributed by atoms with Crippen LogP contribution < -0.4 is 9.62 Å². The Morgan fingerprint density at radius 3 is 2.20 bits per heavy atom. The van der Waals surface area contributed by atoms with Crippen LogP contribution in [-0.4, -0.2) is 33.7 Å². The first kappa shape index (κ1) is 18.7. The number of para-hydroxylation sites is 1. The maximum atomic E-state index is 12.3. The summed E-state index contributed by atoms with van der Waals surface area (Å²) in [5, 5.41) is 2.62. The molecule has 0 aliphatic carbocycles. The number of carbonyl (C=O) groups excluding carboxylic acids is 1. The number of hydrogen-bond acceptors (Lipinski definition) is 3. The van der Waals surface area contributed by atoms with E-state index in [4.69, 9.17) is 0 Å². The molecule has 0 aliphatic rings. The highest BCUT2D eigenvalue weighted by atomic mass is 32.2. The van der Waals surface area contributed by atoms with E-state index in [1.54, 1.807) is 24.3 Å². The Bertz CT molecular complexity index is 831. The van der Waals surface area contributed by atoms with E-state index < -0.39 is 10.0 Å². The molecule has 5 nitrogen and oxygen atoms in total. The smallest absolute Gasteiger partial charge is 0.244 e. The molecule has 0 fully saturated rings. The molecular weight excluding hydrogens is 336 g/mol. The highest BCUT2D eigenvalue weighted by Crippen LogP contribution is 2.15.